The predicted octanol–water partition coefficient (Wildman–Crippen LogP) is 15.6. The number of thiophene rings is 1. The molecule has 0 fully saturated rings. The quantitative estimate of drug-likeness (QED) is 0.170. The van der Waals surface area contributed by atoms with Gasteiger partial charge in [-0.15, -0.1) is 11.3 Å². The van der Waals surface area contributed by atoms with Crippen LogP contribution in [0.15, 0.2) is 212 Å². The lowest BCUT2D eigenvalue weighted by Gasteiger charge is -2.16. The summed E-state index contributed by atoms with van der Waals surface area (Å²) in [5.41, 5.74) is 10.6. The van der Waals surface area contributed by atoms with E-state index >= 15 is 0 Å². The number of benzene rings is 9. The minimum atomic E-state index is 1.11. The van der Waals surface area contributed by atoms with E-state index in [2.05, 4.69) is 217 Å². The summed E-state index contributed by atoms with van der Waals surface area (Å²) in [6, 6.07) is 78.0. The summed E-state index contributed by atoms with van der Waals surface area (Å²) in [4.78, 5) is 0. The molecule has 11 aromatic rings. The second-order valence-corrected chi connectivity index (χ2v) is 15.5. The van der Waals surface area contributed by atoms with Crippen LogP contribution in [0.3, 0.4) is 0 Å². The first-order chi connectivity index (χ1) is 27.8. The van der Waals surface area contributed by atoms with Crippen LogP contribution in [0.2, 0.25) is 0 Å². The number of aromatic nitrogens is 1. The third-order valence-corrected chi connectivity index (χ3v) is 12.4. The maximum Gasteiger partial charge on any atom is 0.0540 e. The molecule has 0 amide bonds. The molecule has 0 aliphatic heterocycles. The number of nitrogens with zero attached hydrogens (tertiary/aromatic N) is 1. The van der Waals surface area contributed by atoms with Gasteiger partial charge < -0.3 is 4.57 Å². The van der Waals surface area contributed by atoms with E-state index in [1.165, 1.54) is 85.9 Å². The first kappa shape index (κ1) is 32.4. The van der Waals surface area contributed by atoms with Gasteiger partial charge in [-0.3, -0.25) is 0 Å². The van der Waals surface area contributed by atoms with E-state index in [4.69, 9.17) is 0 Å². The molecule has 1 nitrogen and oxygen atoms in total. The first-order valence-corrected chi connectivity index (χ1v) is 20.0. The monoisotopic (exact) mass is 729 g/mol. The first-order valence-electron chi connectivity index (χ1n) is 19.2. The zero-order valence-electron chi connectivity index (χ0n) is 30.6. The van der Waals surface area contributed by atoms with E-state index in [9.17, 15) is 0 Å². The van der Waals surface area contributed by atoms with Gasteiger partial charge in [-0.25, -0.2) is 0 Å². The number of hydrogen-bond donors (Lipinski definition) is 0. The molecule has 9 aromatic carbocycles. The number of rotatable bonds is 4. The van der Waals surface area contributed by atoms with Crippen molar-refractivity contribution in [1.29, 1.82) is 0 Å². The van der Waals surface area contributed by atoms with E-state index in [0.717, 1.165) is 16.7 Å². The molecule has 2 aromatic heterocycles. The van der Waals surface area contributed by atoms with Crippen molar-refractivity contribution in [2.24, 2.45) is 0 Å². The van der Waals surface area contributed by atoms with Gasteiger partial charge in [-0.1, -0.05) is 164 Å². The molecule has 0 aliphatic carbocycles. The minimum Gasteiger partial charge on any atom is -0.309 e. The minimum absolute atomic E-state index is 1.11. The van der Waals surface area contributed by atoms with Crippen LogP contribution in [0.4, 0.5) is 0 Å². The van der Waals surface area contributed by atoms with E-state index in [0.29, 0.717) is 0 Å². The molecule has 0 spiro atoms. The van der Waals surface area contributed by atoms with Crippen LogP contribution >= 0.6 is 11.3 Å². The maximum atomic E-state index is 2.48. The fourth-order valence-corrected chi connectivity index (χ4v) is 9.76. The van der Waals surface area contributed by atoms with E-state index in [1.54, 1.807) is 0 Å². The van der Waals surface area contributed by atoms with Gasteiger partial charge in [-0.05, 0) is 103 Å². The highest BCUT2D eigenvalue weighted by Crippen LogP contribution is 2.41. The normalized spacial score (nSPS) is 11.6. The average molecular weight is 730 g/mol. The average Bonchev–Trinajstić information content (AvgIpc) is 3.68. The lowest BCUT2D eigenvalue weighted by atomic mass is 9.98. The van der Waals surface area contributed by atoms with Crippen molar-refractivity contribution < 1.29 is 0 Å². The SMILES string of the molecule is c1ccc(-c2ccc3c(c2)c2ccccc2c2ccccc2c2cc(-c4ccccc4)ccc2n3-c2ccc(-c3cccc4sc5ccccc5c34)cc2)cc1. The maximum absolute atomic E-state index is 2.48. The summed E-state index contributed by atoms with van der Waals surface area (Å²) in [6.45, 7) is 0. The summed E-state index contributed by atoms with van der Waals surface area (Å²) in [5.74, 6) is 0. The molecule has 0 bridgehead atoms. The molecule has 262 valence electrons. The Kier molecular flexibility index (Phi) is 7.75. The third-order valence-electron chi connectivity index (χ3n) is 11.3. The molecule has 0 saturated heterocycles. The highest BCUT2D eigenvalue weighted by molar-refractivity contribution is 7.25. The fraction of sp³-hybridized carbons (Fsp3) is 0. The summed E-state index contributed by atoms with van der Waals surface area (Å²) in [7, 11) is 0. The van der Waals surface area contributed by atoms with Crippen LogP contribution in [0.5, 0.6) is 0 Å². The molecular formula is C54H35NS. The van der Waals surface area contributed by atoms with Crippen molar-refractivity contribution in [2.75, 3.05) is 0 Å². The van der Waals surface area contributed by atoms with Crippen molar-refractivity contribution in [3.63, 3.8) is 0 Å². The summed E-state index contributed by atoms with van der Waals surface area (Å²) in [6.07, 6.45) is 0. The number of hydrogen-bond acceptors (Lipinski definition) is 1. The topological polar surface area (TPSA) is 4.93 Å². The molecule has 0 aliphatic rings. The molecule has 0 saturated carbocycles. The lowest BCUT2D eigenvalue weighted by molar-refractivity contribution is 1.17. The second kappa shape index (κ2) is 13.4. The Balaban J connectivity index is 1.28. The molecule has 56 heavy (non-hydrogen) atoms. The van der Waals surface area contributed by atoms with Gasteiger partial charge in [0.05, 0.1) is 11.0 Å². The van der Waals surface area contributed by atoms with Crippen molar-refractivity contribution in [2.45, 2.75) is 0 Å². The Hall–Kier alpha value is -7.00. The predicted molar refractivity (Wildman–Crippen MR) is 243 cm³/mol. The fourth-order valence-electron chi connectivity index (χ4n) is 8.63. The Morgan fingerprint density at radius 3 is 1.29 bits per heavy atom. The molecule has 2 heterocycles. The molecule has 0 atom stereocenters. The van der Waals surface area contributed by atoms with E-state index < -0.39 is 0 Å². The van der Waals surface area contributed by atoms with Crippen LogP contribution in [-0.2, 0) is 0 Å². The van der Waals surface area contributed by atoms with Gasteiger partial charge in [0, 0.05) is 36.6 Å². The van der Waals surface area contributed by atoms with Crippen LogP contribution < -0.4 is 0 Å². The van der Waals surface area contributed by atoms with Crippen molar-refractivity contribution >= 4 is 74.9 Å². The summed E-state index contributed by atoms with van der Waals surface area (Å²) >= 11 is 1.87. The van der Waals surface area contributed by atoms with Gasteiger partial charge in [0.25, 0.3) is 0 Å². The summed E-state index contributed by atoms with van der Waals surface area (Å²) < 4.78 is 5.12. The van der Waals surface area contributed by atoms with Crippen LogP contribution in [0, 0.1) is 0 Å². The van der Waals surface area contributed by atoms with Gasteiger partial charge in [-0.2, -0.15) is 0 Å². The van der Waals surface area contributed by atoms with Crippen LogP contribution in [0.1, 0.15) is 0 Å². The van der Waals surface area contributed by atoms with Gasteiger partial charge >= 0.3 is 0 Å². The molecule has 0 N–H and O–H groups in total. The van der Waals surface area contributed by atoms with Crippen LogP contribution in [-0.4, -0.2) is 4.57 Å². The Morgan fingerprint density at radius 2 is 0.732 bits per heavy atom. The zero-order chi connectivity index (χ0) is 37.0. The van der Waals surface area contributed by atoms with Gasteiger partial charge in [0.1, 0.15) is 0 Å². The zero-order valence-corrected chi connectivity index (χ0v) is 31.4. The molecular weight excluding hydrogens is 695 g/mol. The van der Waals surface area contributed by atoms with E-state index in [1.807, 2.05) is 11.3 Å². The Labute approximate surface area is 329 Å². The van der Waals surface area contributed by atoms with Crippen LogP contribution in [0.25, 0.3) is 103 Å². The van der Waals surface area contributed by atoms with Crippen molar-refractivity contribution in [3.8, 4) is 39.1 Å². The third kappa shape index (κ3) is 5.38. The number of fused-ring (bicyclic) bond motifs is 10. The van der Waals surface area contributed by atoms with Crippen molar-refractivity contribution in [1.82, 2.24) is 4.57 Å². The standard InChI is InChI=1S/C54H35NS/c1-3-14-36(15-4-1)39-28-32-50-48(34-39)45-20-9-7-18-43(45)44-19-8-10-21-46(44)49-35-40(37-16-5-2-6-17-37)29-33-51(49)55(50)41-30-26-38(27-31-41)42-23-13-25-53-54(42)47-22-11-12-24-52(47)56-53/h1-35H. The highest BCUT2D eigenvalue weighted by Gasteiger charge is 2.15. The van der Waals surface area contributed by atoms with E-state index in [-0.39, 0.29) is 0 Å². The smallest absolute Gasteiger partial charge is 0.0540 e. The van der Waals surface area contributed by atoms with Gasteiger partial charge in [0.2, 0.25) is 0 Å². The van der Waals surface area contributed by atoms with Crippen molar-refractivity contribution in [3.05, 3.63) is 212 Å². The second-order valence-electron chi connectivity index (χ2n) is 14.4. The molecule has 2 heteroatoms. The highest BCUT2D eigenvalue weighted by atomic mass is 32.1. The summed E-state index contributed by atoms with van der Waals surface area (Å²) in [5, 5.41) is 9.89. The molecule has 0 unspecified atom stereocenters. The lowest BCUT2D eigenvalue weighted by Crippen LogP contribution is -1.98. The molecule has 0 radical (unpaired) electrons. The van der Waals surface area contributed by atoms with Gasteiger partial charge in [0.15, 0.2) is 0 Å². The Bertz CT molecular complexity index is 3190. The molecule has 11 rings (SSSR count). The Morgan fingerprint density at radius 1 is 0.286 bits per heavy atom. The largest absolute Gasteiger partial charge is 0.309 e.